The van der Waals surface area contributed by atoms with Crippen LogP contribution in [0.1, 0.15) is 11.9 Å². The minimum atomic E-state index is -1.09. The van der Waals surface area contributed by atoms with Gasteiger partial charge in [-0.3, -0.25) is 0 Å². The van der Waals surface area contributed by atoms with Crippen molar-refractivity contribution in [3.8, 4) is 0 Å². The number of carboxylic acids is 1. The van der Waals surface area contributed by atoms with Crippen molar-refractivity contribution in [2.24, 2.45) is 16.5 Å². The first-order chi connectivity index (χ1) is 5.59. The summed E-state index contributed by atoms with van der Waals surface area (Å²) in [6, 6.07) is 0. The van der Waals surface area contributed by atoms with E-state index >= 15 is 0 Å². The molecule has 6 nitrogen and oxygen atoms in total. The number of carbonyl (C=O) groups is 1. The van der Waals surface area contributed by atoms with Gasteiger partial charge in [0.2, 0.25) is 5.13 Å². The van der Waals surface area contributed by atoms with Crippen molar-refractivity contribution < 1.29 is 40.9 Å². The van der Waals surface area contributed by atoms with Gasteiger partial charge in [0.1, 0.15) is 0 Å². The van der Waals surface area contributed by atoms with E-state index < -0.39 is 5.97 Å². The number of rotatable bonds is 2. The average molecular weight is 210 g/mol. The number of nitrogens with zero attached hydrogens (tertiary/aromatic N) is 2. The standard InChI is InChI=1S/C5H6N4O2S.Na.H/c6-4(7)9-5-8-2(1-12-5)3(10)11;;/h1H,(H,10,11)(H4,6,7,8,9);;/q;+1;-1. The van der Waals surface area contributed by atoms with E-state index in [0.29, 0.717) is 0 Å². The Hall–Kier alpha value is -0.630. The zero-order valence-corrected chi connectivity index (χ0v) is 9.71. The second kappa shape index (κ2) is 5.18. The Morgan fingerprint density at radius 2 is 2.31 bits per heavy atom. The smallest absolute Gasteiger partial charge is 1.00 e. The largest absolute Gasteiger partial charge is 1.00 e. The van der Waals surface area contributed by atoms with Crippen molar-refractivity contribution in [3.05, 3.63) is 11.1 Å². The summed E-state index contributed by atoms with van der Waals surface area (Å²) in [6.07, 6.45) is 0. The molecule has 0 radical (unpaired) electrons. The van der Waals surface area contributed by atoms with Crippen LogP contribution in [0.4, 0.5) is 5.13 Å². The predicted molar refractivity (Wildman–Crippen MR) is 45.7 cm³/mol. The Bertz CT molecular complexity index is 338. The third kappa shape index (κ3) is 3.73. The second-order valence-electron chi connectivity index (χ2n) is 1.86. The van der Waals surface area contributed by atoms with E-state index in [0.717, 1.165) is 11.3 Å². The molecule has 1 rings (SSSR count). The number of carboxylic acid groups (broad SMARTS) is 1. The number of nitrogens with two attached hydrogens (primary N) is 2. The Morgan fingerprint density at radius 3 is 2.69 bits per heavy atom. The van der Waals surface area contributed by atoms with Gasteiger partial charge in [0, 0.05) is 5.38 Å². The third-order valence-electron chi connectivity index (χ3n) is 0.936. The van der Waals surface area contributed by atoms with Gasteiger partial charge in [-0.15, -0.1) is 11.3 Å². The molecule has 0 fully saturated rings. The first-order valence-electron chi connectivity index (χ1n) is 2.88. The van der Waals surface area contributed by atoms with Crippen LogP contribution in [0.15, 0.2) is 10.4 Å². The molecule has 1 aromatic rings. The summed E-state index contributed by atoms with van der Waals surface area (Å²) in [4.78, 5) is 17.5. The summed E-state index contributed by atoms with van der Waals surface area (Å²) >= 11 is 1.07. The van der Waals surface area contributed by atoms with Crippen molar-refractivity contribution in [2.75, 3.05) is 0 Å². The molecule has 0 aliphatic rings. The van der Waals surface area contributed by atoms with Crippen molar-refractivity contribution in [2.45, 2.75) is 0 Å². The molecular formula is C5H7N4NaO2S. The molecule has 0 bridgehead atoms. The van der Waals surface area contributed by atoms with Crippen LogP contribution in [-0.2, 0) is 0 Å². The van der Waals surface area contributed by atoms with Crippen LogP contribution in [0.3, 0.4) is 0 Å². The van der Waals surface area contributed by atoms with Crippen LogP contribution in [0.5, 0.6) is 0 Å². The Kier molecular flexibility index (Phi) is 4.92. The van der Waals surface area contributed by atoms with Gasteiger partial charge in [-0.1, -0.05) is 0 Å². The van der Waals surface area contributed by atoms with Gasteiger partial charge < -0.3 is 18.0 Å². The van der Waals surface area contributed by atoms with Crippen molar-refractivity contribution in [1.82, 2.24) is 4.98 Å². The van der Waals surface area contributed by atoms with Crippen LogP contribution in [0, 0.1) is 0 Å². The van der Waals surface area contributed by atoms with Gasteiger partial charge in [-0.25, -0.2) is 9.78 Å². The summed E-state index contributed by atoms with van der Waals surface area (Å²) in [5, 5.41) is 10.1. The maximum atomic E-state index is 10.3. The molecule has 0 aliphatic heterocycles. The molecule has 0 unspecified atom stereocenters. The number of thiazole rings is 1. The minimum Gasteiger partial charge on any atom is -1.00 e. The molecule has 0 spiro atoms. The fourth-order valence-electron chi connectivity index (χ4n) is 0.524. The first-order valence-corrected chi connectivity index (χ1v) is 3.76. The van der Waals surface area contributed by atoms with Gasteiger partial charge in [-0.05, 0) is 0 Å². The molecule has 0 saturated heterocycles. The Labute approximate surface area is 101 Å². The number of aromatic carboxylic acids is 1. The Morgan fingerprint density at radius 1 is 1.69 bits per heavy atom. The summed E-state index contributed by atoms with van der Waals surface area (Å²) in [6.45, 7) is 0. The van der Waals surface area contributed by atoms with Crippen LogP contribution >= 0.6 is 11.3 Å². The Balaban J connectivity index is 0. The topological polar surface area (TPSA) is 115 Å². The molecule has 0 aromatic carbocycles. The van der Waals surface area contributed by atoms with Crippen LogP contribution in [0.25, 0.3) is 0 Å². The normalized spacial score (nSPS) is 8.62. The predicted octanol–water partition coefficient (Wildman–Crippen LogP) is -3.14. The first kappa shape index (κ1) is 12.4. The van der Waals surface area contributed by atoms with E-state index in [-0.39, 0.29) is 47.8 Å². The van der Waals surface area contributed by atoms with E-state index in [9.17, 15) is 4.79 Å². The van der Waals surface area contributed by atoms with E-state index in [1.807, 2.05) is 0 Å². The van der Waals surface area contributed by atoms with Crippen LogP contribution < -0.4 is 41.0 Å². The monoisotopic (exact) mass is 210 g/mol. The summed E-state index contributed by atoms with van der Waals surface area (Å²) in [7, 11) is 0. The number of aromatic nitrogens is 1. The molecular weight excluding hydrogens is 203 g/mol. The summed E-state index contributed by atoms with van der Waals surface area (Å²) in [5.41, 5.74) is 10.1. The second-order valence-corrected chi connectivity index (χ2v) is 2.69. The van der Waals surface area contributed by atoms with E-state index in [1.54, 1.807) is 0 Å². The molecule has 1 heterocycles. The van der Waals surface area contributed by atoms with Crippen molar-refractivity contribution in [1.29, 1.82) is 0 Å². The number of hydrogen-bond acceptors (Lipinski definition) is 4. The van der Waals surface area contributed by atoms with Crippen LogP contribution in [0.2, 0.25) is 0 Å². The molecule has 5 N–H and O–H groups in total. The van der Waals surface area contributed by atoms with Gasteiger partial charge in [0.15, 0.2) is 11.7 Å². The number of guanidine groups is 1. The molecule has 66 valence electrons. The van der Waals surface area contributed by atoms with Gasteiger partial charge >= 0.3 is 35.5 Å². The molecule has 1 aromatic heterocycles. The van der Waals surface area contributed by atoms with Gasteiger partial charge in [-0.2, -0.15) is 4.99 Å². The fraction of sp³-hybridized carbons (Fsp3) is 0. The molecule has 0 aliphatic carbocycles. The number of hydrogen-bond donors (Lipinski definition) is 3. The van der Waals surface area contributed by atoms with Crippen molar-refractivity contribution in [3.63, 3.8) is 0 Å². The summed E-state index contributed by atoms with van der Waals surface area (Å²) < 4.78 is 0. The maximum absolute atomic E-state index is 10.3. The quantitative estimate of drug-likeness (QED) is 0.271. The molecule has 8 heteroatoms. The molecule has 0 atom stereocenters. The van der Waals surface area contributed by atoms with E-state index in [2.05, 4.69) is 9.98 Å². The van der Waals surface area contributed by atoms with Gasteiger partial charge in [0.25, 0.3) is 0 Å². The van der Waals surface area contributed by atoms with E-state index in [1.165, 1.54) is 5.38 Å². The van der Waals surface area contributed by atoms with Crippen molar-refractivity contribution >= 4 is 28.4 Å². The fourth-order valence-corrected chi connectivity index (χ4v) is 1.20. The molecule has 0 amide bonds. The van der Waals surface area contributed by atoms with E-state index in [4.69, 9.17) is 16.6 Å². The molecule has 0 saturated carbocycles. The molecule has 13 heavy (non-hydrogen) atoms. The average Bonchev–Trinajstić information content (AvgIpc) is 2.34. The minimum absolute atomic E-state index is 0. The van der Waals surface area contributed by atoms with Gasteiger partial charge in [0.05, 0.1) is 0 Å². The zero-order chi connectivity index (χ0) is 9.14. The maximum Gasteiger partial charge on any atom is 1.00 e. The number of aliphatic imine (C=N–C) groups is 1. The SMILES string of the molecule is NC(N)=Nc1nc(C(=O)O)cs1.[H-].[Na+]. The third-order valence-corrected chi connectivity index (χ3v) is 1.67. The zero-order valence-electron chi connectivity index (χ0n) is 7.89. The van der Waals surface area contributed by atoms with Crippen LogP contribution in [-0.4, -0.2) is 22.0 Å². The summed E-state index contributed by atoms with van der Waals surface area (Å²) in [5.74, 6) is -1.23.